The van der Waals surface area contributed by atoms with Crippen LogP contribution < -0.4 is 11.2 Å². The van der Waals surface area contributed by atoms with Crippen LogP contribution in [0.1, 0.15) is 5.69 Å². The number of pyridine rings is 1. The highest BCUT2D eigenvalue weighted by molar-refractivity contribution is 5.99. The molecule has 2 heterocycles. The van der Waals surface area contributed by atoms with E-state index < -0.39 is 16.2 Å². The number of fused-ring (bicyclic) bond motifs is 1. The number of phenols is 1. The predicted molar refractivity (Wildman–Crippen MR) is 90.7 cm³/mol. The smallest absolute Gasteiger partial charge is 0.332 e. The molecule has 0 amide bonds. The molecule has 9 nitrogen and oxygen atoms in total. The van der Waals surface area contributed by atoms with Gasteiger partial charge in [0.2, 0.25) is 0 Å². The molecule has 0 radical (unpaired) electrons. The van der Waals surface area contributed by atoms with E-state index in [0.717, 1.165) is 9.13 Å². The summed E-state index contributed by atoms with van der Waals surface area (Å²) in [5, 5.41) is 21.7. The van der Waals surface area contributed by atoms with Crippen molar-refractivity contribution in [3.63, 3.8) is 0 Å². The van der Waals surface area contributed by atoms with Crippen LogP contribution in [-0.4, -0.2) is 24.1 Å². The maximum Gasteiger partial charge on any atom is 0.332 e. The Kier molecular flexibility index (Phi) is 3.63. The van der Waals surface area contributed by atoms with Crippen molar-refractivity contribution in [2.75, 3.05) is 0 Å². The quantitative estimate of drug-likeness (QED) is 0.552. The first-order valence-corrected chi connectivity index (χ1v) is 7.28. The summed E-state index contributed by atoms with van der Waals surface area (Å²) in [6.45, 7) is 1.42. The Morgan fingerprint density at radius 2 is 1.80 bits per heavy atom. The van der Waals surface area contributed by atoms with Crippen LogP contribution in [0.4, 0.5) is 5.69 Å². The number of aromatic nitrogens is 3. The van der Waals surface area contributed by atoms with Gasteiger partial charge >= 0.3 is 5.69 Å². The first-order valence-electron chi connectivity index (χ1n) is 7.28. The molecule has 0 saturated carbocycles. The van der Waals surface area contributed by atoms with Crippen LogP contribution in [0, 0.1) is 17.0 Å². The lowest BCUT2D eigenvalue weighted by atomic mass is 9.99. The van der Waals surface area contributed by atoms with E-state index in [2.05, 4.69) is 4.98 Å². The van der Waals surface area contributed by atoms with Gasteiger partial charge in [0.25, 0.3) is 11.2 Å². The average molecular weight is 342 g/mol. The third kappa shape index (κ3) is 2.28. The number of nitrogens with zero attached hydrogens (tertiary/aromatic N) is 4. The number of benzene rings is 1. The van der Waals surface area contributed by atoms with E-state index in [4.69, 9.17) is 0 Å². The number of phenolic OH excluding ortho intramolecular Hbond substituents is 1. The second-order valence-corrected chi connectivity index (χ2v) is 5.60. The first-order chi connectivity index (χ1) is 11.8. The Balaban J connectivity index is 2.73. The molecule has 0 unspecified atom stereocenters. The molecule has 25 heavy (non-hydrogen) atoms. The van der Waals surface area contributed by atoms with Crippen LogP contribution in [0.3, 0.4) is 0 Å². The minimum atomic E-state index is -0.716. The second-order valence-electron chi connectivity index (χ2n) is 5.60. The lowest BCUT2D eigenvalue weighted by Crippen LogP contribution is -2.37. The van der Waals surface area contributed by atoms with E-state index in [1.54, 1.807) is 12.1 Å². The van der Waals surface area contributed by atoms with Gasteiger partial charge in [0.1, 0.15) is 11.4 Å². The number of hydrogen-bond acceptors (Lipinski definition) is 6. The molecule has 0 spiro atoms. The zero-order valence-corrected chi connectivity index (χ0v) is 13.7. The summed E-state index contributed by atoms with van der Waals surface area (Å²) >= 11 is 0. The Labute approximate surface area is 140 Å². The van der Waals surface area contributed by atoms with Crippen molar-refractivity contribution in [1.29, 1.82) is 0 Å². The van der Waals surface area contributed by atoms with E-state index in [9.17, 15) is 24.8 Å². The SMILES string of the molecule is Cc1nc2c(c(-c3ccccc3O)c1[N+](=O)[O-])c(=O)n(C)c(=O)n2C. The molecule has 0 atom stereocenters. The summed E-state index contributed by atoms with van der Waals surface area (Å²) in [5.41, 5.74) is -1.56. The number of aryl methyl sites for hydroxylation is 2. The van der Waals surface area contributed by atoms with Gasteiger partial charge < -0.3 is 5.11 Å². The number of hydrogen-bond donors (Lipinski definition) is 1. The standard InChI is InChI=1S/C16H14N4O5/c1-8-13(20(24)25)11(9-6-4-5-7-10(9)21)12-14(17-8)18(2)16(23)19(3)15(12)22/h4-7,21H,1-3H3. The highest BCUT2D eigenvalue weighted by Crippen LogP contribution is 2.40. The fourth-order valence-electron chi connectivity index (χ4n) is 2.86. The minimum absolute atomic E-state index is 0.0226. The van der Waals surface area contributed by atoms with Gasteiger partial charge in [-0.25, -0.2) is 9.78 Å². The maximum absolute atomic E-state index is 12.7. The lowest BCUT2D eigenvalue weighted by molar-refractivity contribution is -0.384. The van der Waals surface area contributed by atoms with Gasteiger partial charge in [-0.05, 0) is 13.0 Å². The zero-order chi connectivity index (χ0) is 18.5. The molecule has 0 bridgehead atoms. The highest BCUT2D eigenvalue weighted by atomic mass is 16.6. The number of nitro groups is 1. The van der Waals surface area contributed by atoms with Crippen molar-refractivity contribution in [2.24, 2.45) is 14.1 Å². The summed E-state index contributed by atoms with van der Waals surface area (Å²) in [7, 11) is 2.71. The van der Waals surface area contributed by atoms with E-state index in [1.807, 2.05) is 0 Å². The molecular formula is C16H14N4O5. The molecule has 0 saturated heterocycles. The summed E-state index contributed by atoms with van der Waals surface area (Å²) < 4.78 is 2.00. The molecule has 0 aliphatic rings. The van der Waals surface area contributed by atoms with Crippen LogP contribution in [0.25, 0.3) is 22.2 Å². The molecule has 2 aromatic heterocycles. The molecule has 1 aromatic carbocycles. The Bertz CT molecular complexity index is 1160. The minimum Gasteiger partial charge on any atom is -0.507 e. The Hall–Kier alpha value is -3.49. The van der Waals surface area contributed by atoms with Gasteiger partial charge in [-0.15, -0.1) is 0 Å². The van der Waals surface area contributed by atoms with Crippen LogP contribution in [-0.2, 0) is 14.1 Å². The molecule has 3 aromatic rings. The van der Waals surface area contributed by atoms with Crippen LogP contribution in [0.5, 0.6) is 5.75 Å². The van der Waals surface area contributed by atoms with E-state index in [1.165, 1.54) is 33.2 Å². The highest BCUT2D eigenvalue weighted by Gasteiger charge is 2.28. The van der Waals surface area contributed by atoms with Gasteiger partial charge in [0.05, 0.1) is 15.9 Å². The molecule has 0 aliphatic carbocycles. The fraction of sp³-hybridized carbons (Fsp3) is 0.188. The summed E-state index contributed by atoms with van der Waals surface area (Å²) in [6.07, 6.45) is 0. The zero-order valence-electron chi connectivity index (χ0n) is 13.7. The Morgan fingerprint density at radius 3 is 2.40 bits per heavy atom. The molecule has 1 N–H and O–H groups in total. The fourth-order valence-corrected chi connectivity index (χ4v) is 2.86. The lowest BCUT2D eigenvalue weighted by Gasteiger charge is -2.13. The second kappa shape index (κ2) is 5.55. The van der Waals surface area contributed by atoms with E-state index >= 15 is 0 Å². The summed E-state index contributed by atoms with van der Waals surface area (Å²) in [5.74, 6) is -0.214. The van der Waals surface area contributed by atoms with E-state index in [0.29, 0.717) is 0 Å². The third-order valence-electron chi connectivity index (χ3n) is 4.09. The monoisotopic (exact) mass is 342 g/mol. The summed E-state index contributed by atoms with van der Waals surface area (Å²) in [4.78, 5) is 39.9. The largest absolute Gasteiger partial charge is 0.507 e. The van der Waals surface area contributed by atoms with Gasteiger partial charge in [-0.3, -0.25) is 24.0 Å². The van der Waals surface area contributed by atoms with Crippen molar-refractivity contribution >= 4 is 16.7 Å². The van der Waals surface area contributed by atoms with E-state index in [-0.39, 0.29) is 39.3 Å². The Morgan fingerprint density at radius 1 is 1.16 bits per heavy atom. The van der Waals surface area contributed by atoms with Crippen molar-refractivity contribution in [3.05, 3.63) is 60.9 Å². The number of rotatable bonds is 2. The van der Waals surface area contributed by atoms with Crippen LogP contribution in [0.2, 0.25) is 0 Å². The number of para-hydroxylation sites is 1. The molecule has 0 fully saturated rings. The first kappa shape index (κ1) is 16.4. The van der Waals surface area contributed by atoms with Crippen LogP contribution >= 0.6 is 0 Å². The van der Waals surface area contributed by atoms with Crippen molar-refractivity contribution in [3.8, 4) is 16.9 Å². The molecule has 128 valence electrons. The molecule has 3 rings (SSSR count). The van der Waals surface area contributed by atoms with Gasteiger partial charge in [-0.1, -0.05) is 18.2 Å². The maximum atomic E-state index is 12.7. The number of aromatic hydroxyl groups is 1. The van der Waals surface area contributed by atoms with Crippen molar-refractivity contribution < 1.29 is 10.0 Å². The molecule has 0 aliphatic heterocycles. The van der Waals surface area contributed by atoms with Gasteiger partial charge in [0.15, 0.2) is 5.65 Å². The third-order valence-corrected chi connectivity index (χ3v) is 4.09. The topological polar surface area (TPSA) is 120 Å². The van der Waals surface area contributed by atoms with Crippen molar-refractivity contribution in [1.82, 2.24) is 14.1 Å². The van der Waals surface area contributed by atoms with Crippen molar-refractivity contribution in [2.45, 2.75) is 6.92 Å². The normalized spacial score (nSPS) is 11.0. The summed E-state index contributed by atoms with van der Waals surface area (Å²) in [6, 6.07) is 6.00. The van der Waals surface area contributed by atoms with Gasteiger partial charge in [-0.2, -0.15) is 0 Å². The average Bonchev–Trinajstić information content (AvgIpc) is 2.57. The molecular weight excluding hydrogens is 328 g/mol. The predicted octanol–water partition coefficient (Wildman–Crippen LogP) is 1.22. The van der Waals surface area contributed by atoms with Gasteiger partial charge in [0, 0.05) is 19.7 Å². The molecule has 9 heteroatoms. The van der Waals surface area contributed by atoms with Crippen LogP contribution in [0.15, 0.2) is 33.9 Å².